The number of pyridine rings is 1. The monoisotopic (exact) mass is 546 g/mol. The number of nitrogens with zero attached hydrogens (tertiary/aromatic N) is 1. The molecule has 1 aromatic heterocycles. The first-order valence-electron chi connectivity index (χ1n) is 14.9. The van der Waals surface area contributed by atoms with Gasteiger partial charge in [0.15, 0.2) is 5.78 Å². The number of carbonyl (C=O) groups excluding carboxylic acids is 3. The molecule has 40 heavy (non-hydrogen) atoms. The molecular weight excluding hydrogens is 496 g/mol. The Bertz CT molecular complexity index is 987. The van der Waals surface area contributed by atoms with Gasteiger partial charge in [0.05, 0.1) is 0 Å². The van der Waals surface area contributed by atoms with E-state index in [0.717, 1.165) is 44.9 Å². The zero-order chi connectivity index (χ0) is 29.3. The fourth-order valence-corrected chi connectivity index (χ4v) is 4.02. The van der Waals surface area contributed by atoms with Gasteiger partial charge >= 0.3 is 0 Å². The number of allylic oxidation sites excluding steroid dienone is 10. The Hall–Kier alpha value is -3.34. The highest BCUT2D eigenvalue weighted by Crippen LogP contribution is 2.18. The number of hydrogen-bond donors (Lipinski definition) is 1. The summed E-state index contributed by atoms with van der Waals surface area (Å²) in [6.45, 7) is 6.49. The molecule has 0 unspecified atom stereocenters. The molecule has 0 saturated heterocycles. The van der Waals surface area contributed by atoms with Crippen LogP contribution in [0.15, 0.2) is 85.3 Å². The number of ketones is 2. The van der Waals surface area contributed by atoms with Crippen LogP contribution >= 0.6 is 0 Å². The summed E-state index contributed by atoms with van der Waals surface area (Å²) in [4.78, 5) is 41.3. The number of hydrogen-bond acceptors (Lipinski definition) is 4. The molecule has 0 fully saturated rings. The molecule has 1 amide bonds. The molecule has 1 heterocycles. The van der Waals surface area contributed by atoms with Crippen LogP contribution in [0.5, 0.6) is 0 Å². The SMILES string of the molecule is CC/C=C\C/C=C\C/C=C\C/C=C\C/C=C\CCCC(=O)CCCNC(=O)[C@@H](CC(=O)c1cccnc1)C(C)C. The van der Waals surface area contributed by atoms with Crippen molar-refractivity contribution in [3.63, 3.8) is 0 Å². The molecule has 0 aliphatic rings. The van der Waals surface area contributed by atoms with Gasteiger partial charge in [-0.1, -0.05) is 81.5 Å². The van der Waals surface area contributed by atoms with Crippen molar-refractivity contribution >= 4 is 17.5 Å². The molecule has 0 aliphatic heterocycles. The number of aromatic nitrogens is 1. The number of unbranched alkanes of at least 4 members (excludes halogenated alkanes) is 1. The van der Waals surface area contributed by atoms with Crippen molar-refractivity contribution in [2.24, 2.45) is 11.8 Å². The summed E-state index contributed by atoms with van der Waals surface area (Å²) in [6, 6.07) is 3.44. The summed E-state index contributed by atoms with van der Waals surface area (Å²) in [5, 5.41) is 2.92. The first-order chi connectivity index (χ1) is 19.5. The van der Waals surface area contributed by atoms with E-state index in [1.54, 1.807) is 18.3 Å². The van der Waals surface area contributed by atoms with Gasteiger partial charge in [0.2, 0.25) is 5.91 Å². The number of carbonyl (C=O) groups is 3. The lowest BCUT2D eigenvalue weighted by Crippen LogP contribution is -2.35. The fourth-order valence-electron chi connectivity index (χ4n) is 4.02. The van der Waals surface area contributed by atoms with Crippen LogP contribution < -0.4 is 5.32 Å². The molecule has 218 valence electrons. The minimum absolute atomic E-state index is 0.0400. The molecule has 5 nitrogen and oxygen atoms in total. The van der Waals surface area contributed by atoms with E-state index in [1.807, 2.05) is 13.8 Å². The summed E-state index contributed by atoms with van der Waals surface area (Å²) < 4.78 is 0. The van der Waals surface area contributed by atoms with Gasteiger partial charge in [-0.05, 0) is 69.4 Å². The normalized spacial score (nSPS) is 13.0. The highest BCUT2D eigenvalue weighted by molar-refractivity contribution is 5.98. The van der Waals surface area contributed by atoms with E-state index in [-0.39, 0.29) is 29.8 Å². The highest BCUT2D eigenvalue weighted by atomic mass is 16.2. The maximum Gasteiger partial charge on any atom is 0.223 e. The van der Waals surface area contributed by atoms with Gasteiger partial charge in [-0.15, -0.1) is 0 Å². The largest absolute Gasteiger partial charge is 0.356 e. The third kappa shape index (κ3) is 18.0. The summed E-state index contributed by atoms with van der Waals surface area (Å²) in [6.07, 6.45) is 33.5. The van der Waals surface area contributed by atoms with Crippen molar-refractivity contribution < 1.29 is 14.4 Å². The molecule has 0 saturated carbocycles. The Labute approximate surface area is 242 Å². The van der Waals surface area contributed by atoms with Crippen molar-refractivity contribution in [2.45, 2.75) is 91.4 Å². The summed E-state index contributed by atoms with van der Waals surface area (Å²) >= 11 is 0. The smallest absolute Gasteiger partial charge is 0.223 e. The fraction of sp³-hybridized carbons (Fsp3) is 0.486. The van der Waals surface area contributed by atoms with Crippen LogP contribution in [0.4, 0.5) is 0 Å². The van der Waals surface area contributed by atoms with Gasteiger partial charge in [0, 0.05) is 49.7 Å². The van der Waals surface area contributed by atoms with E-state index >= 15 is 0 Å². The molecule has 1 rings (SSSR count). The van der Waals surface area contributed by atoms with Crippen molar-refractivity contribution in [1.29, 1.82) is 0 Å². The Balaban J connectivity index is 2.10. The molecular formula is C35H50N2O3. The summed E-state index contributed by atoms with van der Waals surface area (Å²) in [5.74, 6) is -0.332. The second-order valence-corrected chi connectivity index (χ2v) is 10.3. The predicted molar refractivity (Wildman–Crippen MR) is 167 cm³/mol. The van der Waals surface area contributed by atoms with E-state index in [9.17, 15) is 14.4 Å². The van der Waals surface area contributed by atoms with E-state index in [1.165, 1.54) is 6.20 Å². The van der Waals surface area contributed by atoms with E-state index < -0.39 is 5.92 Å². The molecule has 1 N–H and O–H groups in total. The van der Waals surface area contributed by atoms with Gasteiger partial charge < -0.3 is 5.32 Å². The molecule has 0 aliphatic carbocycles. The molecule has 0 radical (unpaired) electrons. The predicted octanol–water partition coefficient (Wildman–Crippen LogP) is 8.31. The van der Waals surface area contributed by atoms with Gasteiger partial charge in [0.25, 0.3) is 0 Å². The number of amides is 1. The first-order valence-corrected chi connectivity index (χ1v) is 14.9. The Morgan fingerprint density at radius 3 is 1.95 bits per heavy atom. The molecule has 0 bridgehead atoms. The molecule has 5 heteroatoms. The second-order valence-electron chi connectivity index (χ2n) is 10.3. The van der Waals surface area contributed by atoms with Gasteiger partial charge in [-0.25, -0.2) is 0 Å². The third-order valence-corrected chi connectivity index (χ3v) is 6.45. The Kier molecular flexibility index (Phi) is 20.4. The minimum Gasteiger partial charge on any atom is -0.356 e. The number of nitrogens with one attached hydrogen (secondary N) is 1. The zero-order valence-electron chi connectivity index (χ0n) is 24.9. The topological polar surface area (TPSA) is 76.1 Å². The Morgan fingerprint density at radius 2 is 1.40 bits per heavy atom. The molecule has 0 aromatic carbocycles. The quantitative estimate of drug-likeness (QED) is 0.0901. The maximum absolute atomic E-state index is 12.7. The van der Waals surface area contributed by atoms with Gasteiger partial charge in [0.1, 0.15) is 5.78 Å². The van der Waals surface area contributed by atoms with Crippen LogP contribution in [0.25, 0.3) is 0 Å². The van der Waals surface area contributed by atoms with Crippen molar-refractivity contribution in [3.8, 4) is 0 Å². The number of rotatable bonds is 22. The van der Waals surface area contributed by atoms with Gasteiger partial charge in [-0.3, -0.25) is 19.4 Å². The van der Waals surface area contributed by atoms with Crippen LogP contribution in [-0.4, -0.2) is 29.0 Å². The third-order valence-electron chi connectivity index (χ3n) is 6.45. The average Bonchev–Trinajstić information content (AvgIpc) is 2.95. The Morgan fingerprint density at radius 1 is 0.825 bits per heavy atom. The van der Waals surface area contributed by atoms with Crippen LogP contribution in [0.2, 0.25) is 0 Å². The molecule has 0 spiro atoms. The van der Waals surface area contributed by atoms with Crippen molar-refractivity contribution in [1.82, 2.24) is 10.3 Å². The summed E-state index contributed by atoms with van der Waals surface area (Å²) in [7, 11) is 0. The lowest BCUT2D eigenvalue weighted by molar-refractivity contribution is -0.126. The van der Waals surface area contributed by atoms with E-state index in [4.69, 9.17) is 0 Å². The van der Waals surface area contributed by atoms with Crippen molar-refractivity contribution in [3.05, 3.63) is 90.9 Å². The average molecular weight is 547 g/mol. The van der Waals surface area contributed by atoms with Crippen LogP contribution in [0.3, 0.4) is 0 Å². The maximum atomic E-state index is 12.7. The summed E-state index contributed by atoms with van der Waals surface area (Å²) in [5.41, 5.74) is 0.524. The van der Waals surface area contributed by atoms with Crippen LogP contribution in [-0.2, 0) is 9.59 Å². The van der Waals surface area contributed by atoms with E-state index in [2.05, 4.69) is 78.0 Å². The lowest BCUT2D eigenvalue weighted by Gasteiger charge is -2.19. The zero-order valence-corrected chi connectivity index (χ0v) is 24.9. The standard InChI is InChI=1S/C35H50N2O3/c1-4-5-6-7-8-9-10-11-12-13-14-15-16-17-18-19-20-24-32(38)25-22-27-37-35(40)33(30(2)3)28-34(39)31-23-21-26-36-29-31/h5-6,8-9,11-12,14-15,17-18,21,23,26,29-30,33H,4,7,10,13,16,19-20,22,24-25,27-28H2,1-3H3,(H,37,40)/b6-5-,9-8-,12-11-,15-14-,18-17-/t33-/m0/s1. The first kappa shape index (κ1) is 34.7. The van der Waals surface area contributed by atoms with Crippen LogP contribution in [0.1, 0.15) is 102 Å². The second kappa shape index (κ2) is 23.5. The van der Waals surface area contributed by atoms with Gasteiger partial charge in [-0.2, -0.15) is 0 Å². The van der Waals surface area contributed by atoms with E-state index in [0.29, 0.717) is 31.4 Å². The number of Topliss-reactive ketones (excluding diaryl/α,β-unsaturated/α-hetero) is 2. The molecule has 1 atom stereocenters. The highest BCUT2D eigenvalue weighted by Gasteiger charge is 2.25. The lowest BCUT2D eigenvalue weighted by atomic mass is 9.88. The molecule has 1 aromatic rings. The van der Waals surface area contributed by atoms with Crippen LogP contribution in [0, 0.1) is 11.8 Å². The minimum atomic E-state index is -0.396. The van der Waals surface area contributed by atoms with Crippen molar-refractivity contribution in [2.75, 3.05) is 6.54 Å².